The number of benzene rings is 1. The maximum Gasteiger partial charge on any atom is 0.279 e. The van der Waals surface area contributed by atoms with Crippen LogP contribution in [0.4, 0.5) is 5.69 Å². The highest BCUT2D eigenvalue weighted by atomic mass is 16.2. The molecule has 96 valence electrons. The molecule has 1 aromatic heterocycles. The molecule has 0 atom stereocenters. The molecule has 19 heavy (non-hydrogen) atoms. The van der Waals surface area contributed by atoms with Crippen molar-refractivity contribution in [1.29, 1.82) is 0 Å². The van der Waals surface area contributed by atoms with Crippen LogP contribution in [-0.2, 0) is 4.79 Å². The average molecular weight is 255 g/mol. The van der Waals surface area contributed by atoms with E-state index < -0.39 is 0 Å². The lowest BCUT2D eigenvalue weighted by atomic mass is 10.1. The predicted octanol–water partition coefficient (Wildman–Crippen LogP) is 1.29. The first kappa shape index (κ1) is 11.6. The van der Waals surface area contributed by atoms with Crippen molar-refractivity contribution in [2.24, 2.45) is 5.10 Å². The molecular formula is C13H13N5O. The number of amides is 1. The summed E-state index contributed by atoms with van der Waals surface area (Å²) >= 11 is 0. The number of fused-ring (bicyclic) bond motifs is 1. The number of nitrogens with zero attached hydrogens (tertiary/aromatic N) is 5. The van der Waals surface area contributed by atoms with Crippen LogP contribution in [0, 0.1) is 0 Å². The van der Waals surface area contributed by atoms with Gasteiger partial charge in [-0.25, -0.2) is 4.68 Å². The summed E-state index contributed by atoms with van der Waals surface area (Å²) in [6.45, 7) is 3.97. The number of hydrogen-bond donors (Lipinski definition) is 0. The van der Waals surface area contributed by atoms with E-state index in [0.717, 1.165) is 11.3 Å². The third-order valence-corrected chi connectivity index (χ3v) is 2.98. The van der Waals surface area contributed by atoms with Gasteiger partial charge >= 0.3 is 0 Å². The standard InChI is InChI=1S/C13H13N5O/c1-9(2)18-11-6-4-3-5-10(11)12(13(18)19)16-17-7-14-15-8-17/h3-9H,1-2H3/b16-12+. The van der Waals surface area contributed by atoms with Crippen LogP contribution in [0.25, 0.3) is 0 Å². The second-order valence-electron chi connectivity index (χ2n) is 4.58. The van der Waals surface area contributed by atoms with Crippen molar-refractivity contribution in [1.82, 2.24) is 14.9 Å². The molecule has 0 radical (unpaired) electrons. The molecule has 6 heteroatoms. The number of carbonyl (C=O) groups is 1. The zero-order chi connectivity index (χ0) is 13.4. The fraction of sp³-hybridized carbons (Fsp3) is 0.231. The number of rotatable bonds is 2. The first-order valence-electron chi connectivity index (χ1n) is 6.05. The second-order valence-corrected chi connectivity index (χ2v) is 4.58. The molecule has 0 aliphatic carbocycles. The van der Waals surface area contributed by atoms with Crippen LogP contribution < -0.4 is 4.90 Å². The SMILES string of the molecule is CC(C)N1C(=O)/C(=N/n2cnnc2)c2ccccc21. The minimum Gasteiger partial charge on any atom is -0.304 e. The van der Waals surface area contributed by atoms with Crippen LogP contribution in [0.15, 0.2) is 42.0 Å². The largest absolute Gasteiger partial charge is 0.304 e. The van der Waals surface area contributed by atoms with E-state index in [1.54, 1.807) is 4.90 Å². The van der Waals surface area contributed by atoms with Gasteiger partial charge in [0.1, 0.15) is 12.7 Å². The van der Waals surface area contributed by atoms with Gasteiger partial charge in [-0.3, -0.25) is 4.79 Å². The molecule has 0 spiro atoms. The molecule has 0 fully saturated rings. The molecule has 0 unspecified atom stereocenters. The maximum atomic E-state index is 12.5. The number of anilines is 1. The first-order chi connectivity index (χ1) is 9.18. The molecule has 3 rings (SSSR count). The summed E-state index contributed by atoms with van der Waals surface area (Å²) in [6.07, 6.45) is 2.92. The highest BCUT2D eigenvalue weighted by molar-refractivity contribution is 6.54. The number of hydrogen-bond acceptors (Lipinski definition) is 4. The molecule has 0 N–H and O–H groups in total. The lowest BCUT2D eigenvalue weighted by Gasteiger charge is -2.20. The smallest absolute Gasteiger partial charge is 0.279 e. The van der Waals surface area contributed by atoms with E-state index in [1.807, 2.05) is 38.1 Å². The topological polar surface area (TPSA) is 63.4 Å². The molecule has 2 heterocycles. The fourth-order valence-electron chi connectivity index (χ4n) is 2.19. The van der Waals surface area contributed by atoms with Gasteiger partial charge in [0.05, 0.1) is 5.69 Å². The second kappa shape index (κ2) is 4.31. The zero-order valence-electron chi connectivity index (χ0n) is 10.7. The summed E-state index contributed by atoms with van der Waals surface area (Å²) in [4.78, 5) is 14.2. The summed E-state index contributed by atoms with van der Waals surface area (Å²) in [5.74, 6) is -0.0927. The van der Waals surface area contributed by atoms with Crippen molar-refractivity contribution in [3.63, 3.8) is 0 Å². The van der Waals surface area contributed by atoms with Gasteiger partial charge in [0, 0.05) is 11.6 Å². The lowest BCUT2D eigenvalue weighted by molar-refractivity contribution is -0.112. The van der Waals surface area contributed by atoms with E-state index in [1.165, 1.54) is 17.3 Å². The third kappa shape index (κ3) is 1.81. The fourth-order valence-corrected chi connectivity index (χ4v) is 2.19. The Kier molecular flexibility index (Phi) is 2.63. The normalized spacial score (nSPS) is 16.5. The van der Waals surface area contributed by atoms with Gasteiger partial charge in [-0.1, -0.05) is 18.2 Å². The van der Waals surface area contributed by atoms with E-state index in [0.29, 0.717) is 5.71 Å². The Morgan fingerprint density at radius 1 is 1.16 bits per heavy atom. The minimum absolute atomic E-state index is 0.0854. The molecule has 6 nitrogen and oxygen atoms in total. The van der Waals surface area contributed by atoms with Gasteiger partial charge in [-0.15, -0.1) is 10.2 Å². The van der Waals surface area contributed by atoms with Crippen LogP contribution in [-0.4, -0.2) is 32.5 Å². The monoisotopic (exact) mass is 255 g/mol. The summed E-state index contributed by atoms with van der Waals surface area (Å²) < 4.78 is 1.44. The van der Waals surface area contributed by atoms with Gasteiger partial charge in [0.15, 0.2) is 5.71 Å². The number of para-hydroxylation sites is 1. The Morgan fingerprint density at radius 2 is 1.84 bits per heavy atom. The summed E-state index contributed by atoms with van der Waals surface area (Å²) in [5.41, 5.74) is 2.16. The molecular weight excluding hydrogens is 242 g/mol. The molecule has 1 aliphatic rings. The molecule has 1 aromatic carbocycles. The van der Waals surface area contributed by atoms with Gasteiger partial charge in [0.25, 0.3) is 5.91 Å². The Balaban J connectivity index is 2.15. The van der Waals surface area contributed by atoms with E-state index in [4.69, 9.17) is 0 Å². The molecule has 1 amide bonds. The van der Waals surface area contributed by atoms with E-state index in [-0.39, 0.29) is 11.9 Å². The van der Waals surface area contributed by atoms with E-state index >= 15 is 0 Å². The average Bonchev–Trinajstić information content (AvgIpc) is 2.97. The van der Waals surface area contributed by atoms with Crippen LogP contribution in [0.5, 0.6) is 0 Å². The van der Waals surface area contributed by atoms with Crippen LogP contribution >= 0.6 is 0 Å². The Hall–Kier alpha value is -2.50. The van der Waals surface area contributed by atoms with Crippen molar-refractivity contribution in [3.05, 3.63) is 42.5 Å². The van der Waals surface area contributed by atoms with Crippen LogP contribution in [0.3, 0.4) is 0 Å². The predicted molar refractivity (Wildman–Crippen MR) is 71.0 cm³/mol. The van der Waals surface area contributed by atoms with Gasteiger partial charge in [-0.05, 0) is 19.9 Å². The Morgan fingerprint density at radius 3 is 2.53 bits per heavy atom. The van der Waals surface area contributed by atoms with Gasteiger partial charge in [0.2, 0.25) is 0 Å². The third-order valence-electron chi connectivity index (χ3n) is 2.98. The molecule has 0 saturated carbocycles. The molecule has 1 aliphatic heterocycles. The quantitative estimate of drug-likeness (QED) is 0.812. The van der Waals surface area contributed by atoms with Crippen LogP contribution in [0.2, 0.25) is 0 Å². The van der Waals surface area contributed by atoms with Crippen LogP contribution in [0.1, 0.15) is 19.4 Å². The summed E-state index contributed by atoms with van der Waals surface area (Å²) in [7, 11) is 0. The Labute approximate surface area is 110 Å². The van der Waals surface area contributed by atoms with Crippen molar-refractivity contribution in [2.75, 3.05) is 4.90 Å². The van der Waals surface area contributed by atoms with E-state index in [2.05, 4.69) is 15.3 Å². The molecule has 0 saturated heterocycles. The van der Waals surface area contributed by atoms with Crippen molar-refractivity contribution in [3.8, 4) is 0 Å². The highest BCUT2D eigenvalue weighted by Gasteiger charge is 2.35. The minimum atomic E-state index is -0.0927. The van der Waals surface area contributed by atoms with Crippen molar-refractivity contribution in [2.45, 2.75) is 19.9 Å². The number of carbonyl (C=O) groups excluding carboxylic acids is 1. The molecule has 2 aromatic rings. The zero-order valence-corrected chi connectivity index (χ0v) is 10.7. The highest BCUT2D eigenvalue weighted by Crippen LogP contribution is 2.30. The van der Waals surface area contributed by atoms with Crippen molar-refractivity contribution >= 4 is 17.3 Å². The van der Waals surface area contributed by atoms with E-state index in [9.17, 15) is 4.79 Å². The summed E-state index contributed by atoms with van der Waals surface area (Å²) in [5, 5.41) is 11.7. The van der Waals surface area contributed by atoms with Gasteiger partial charge < -0.3 is 4.90 Å². The van der Waals surface area contributed by atoms with Crippen molar-refractivity contribution < 1.29 is 4.79 Å². The molecule has 0 bridgehead atoms. The number of aromatic nitrogens is 3. The lowest BCUT2D eigenvalue weighted by Crippen LogP contribution is -2.36. The summed E-state index contributed by atoms with van der Waals surface area (Å²) in [6, 6.07) is 7.74. The Bertz CT molecular complexity index is 645. The van der Waals surface area contributed by atoms with Gasteiger partial charge in [-0.2, -0.15) is 5.10 Å². The first-order valence-corrected chi connectivity index (χ1v) is 6.05. The maximum absolute atomic E-state index is 12.5.